The van der Waals surface area contributed by atoms with Crippen molar-refractivity contribution in [3.05, 3.63) is 5.01 Å². The number of nitrogens with zero attached hydrogens (tertiary/aromatic N) is 2. The molecule has 0 amide bonds. The van der Waals surface area contributed by atoms with Gasteiger partial charge in [-0.1, -0.05) is 11.3 Å². The van der Waals surface area contributed by atoms with Crippen LogP contribution in [0.2, 0.25) is 0 Å². The molecule has 60 valence electrons. The van der Waals surface area contributed by atoms with Gasteiger partial charge in [-0.25, -0.2) is 0 Å². The van der Waals surface area contributed by atoms with Crippen molar-refractivity contribution in [2.75, 3.05) is 5.32 Å². The number of hydrogen-bond acceptors (Lipinski definition) is 4. The molecule has 11 heavy (non-hydrogen) atoms. The smallest absolute Gasteiger partial charge is 0.205 e. The monoisotopic (exact) mass is 169 g/mol. The van der Waals surface area contributed by atoms with Crippen LogP contribution in [0.15, 0.2) is 0 Å². The van der Waals surface area contributed by atoms with Crippen LogP contribution < -0.4 is 5.32 Å². The van der Waals surface area contributed by atoms with Crippen molar-refractivity contribution in [1.29, 1.82) is 0 Å². The molecule has 4 heteroatoms. The van der Waals surface area contributed by atoms with E-state index in [9.17, 15) is 0 Å². The molecule has 0 unspecified atom stereocenters. The summed E-state index contributed by atoms with van der Waals surface area (Å²) in [5, 5.41) is 13.3. The van der Waals surface area contributed by atoms with Gasteiger partial charge in [0, 0.05) is 6.04 Å². The summed E-state index contributed by atoms with van der Waals surface area (Å²) in [7, 11) is 0. The van der Waals surface area contributed by atoms with Gasteiger partial charge in [-0.2, -0.15) is 0 Å². The first kappa shape index (κ1) is 7.03. The maximum absolute atomic E-state index is 3.99. The van der Waals surface area contributed by atoms with E-state index in [0.717, 1.165) is 10.1 Å². The minimum absolute atomic E-state index is 0.669. The van der Waals surface area contributed by atoms with Crippen LogP contribution >= 0.6 is 11.3 Å². The molecule has 1 heterocycles. The molecule has 0 radical (unpaired) electrons. The normalized spacial score (nSPS) is 17.9. The molecular formula is C7H11N3S. The van der Waals surface area contributed by atoms with E-state index in [4.69, 9.17) is 0 Å². The van der Waals surface area contributed by atoms with Gasteiger partial charge in [0.05, 0.1) is 0 Å². The van der Waals surface area contributed by atoms with Gasteiger partial charge in [-0.3, -0.25) is 0 Å². The SMILES string of the molecule is Cc1nnc(NC2CCC2)s1. The van der Waals surface area contributed by atoms with Crippen molar-refractivity contribution in [2.24, 2.45) is 0 Å². The van der Waals surface area contributed by atoms with E-state index in [-0.39, 0.29) is 0 Å². The third-order valence-electron chi connectivity index (χ3n) is 1.96. The van der Waals surface area contributed by atoms with E-state index in [1.165, 1.54) is 19.3 Å². The second kappa shape index (κ2) is 2.77. The molecule has 0 saturated heterocycles. The quantitative estimate of drug-likeness (QED) is 0.733. The lowest BCUT2D eigenvalue weighted by Gasteiger charge is -2.25. The molecule has 0 spiro atoms. The van der Waals surface area contributed by atoms with E-state index in [1.807, 2.05) is 6.92 Å². The van der Waals surface area contributed by atoms with Crippen molar-refractivity contribution < 1.29 is 0 Å². The van der Waals surface area contributed by atoms with Crippen LogP contribution in [0.3, 0.4) is 0 Å². The molecule has 2 rings (SSSR count). The molecule has 1 N–H and O–H groups in total. The summed E-state index contributed by atoms with van der Waals surface area (Å²) in [5.41, 5.74) is 0. The fraction of sp³-hybridized carbons (Fsp3) is 0.714. The molecule has 1 aliphatic rings. The summed E-state index contributed by atoms with van der Waals surface area (Å²) in [5.74, 6) is 0. The Morgan fingerprint density at radius 1 is 1.45 bits per heavy atom. The number of hydrogen-bond donors (Lipinski definition) is 1. The largest absolute Gasteiger partial charge is 0.357 e. The lowest BCUT2D eigenvalue weighted by molar-refractivity contribution is 0.445. The van der Waals surface area contributed by atoms with Crippen molar-refractivity contribution >= 4 is 16.5 Å². The van der Waals surface area contributed by atoms with Gasteiger partial charge in [-0.05, 0) is 26.2 Å². The summed E-state index contributed by atoms with van der Waals surface area (Å²) < 4.78 is 0. The van der Waals surface area contributed by atoms with E-state index in [2.05, 4.69) is 15.5 Å². The Morgan fingerprint density at radius 2 is 2.27 bits per heavy atom. The first-order valence-electron chi connectivity index (χ1n) is 3.91. The molecule has 1 saturated carbocycles. The zero-order chi connectivity index (χ0) is 7.68. The fourth-order valence-corrected chi connectivity index (χ4v) is 1.75. The van der Waals surface area contributed by atoms with Crippen LogP contribution in [0, 0.1) is 6.92 Å². The summed E-state index contributed by atoms with van der Waals surface area (Å²) in [4.78, 5) is 0. The summed E-state index contributed by atoms with van der Waals surface area (Å²) in [6.45, 7) is 1.98. The van der Waals surface area contributed by atoms with Crippen LogP contribution in [-0.4, -0.2) is 16.2 Å². The molecule has 1 fully saturated rings. The Kier molecular flexibility index (Phi) is 1.77. The van der Waals surface area contributed by atoms with Crippen molar-refractivity contribution in [3.63, 3.8) is 0 Å². The van der Waals surface area contributed by atoms with Gasteiger partial charge in [0.1, 0.15) is 5.01 Å². The van der Waals surface area contributed by atoms with Crippen molar-refractivity contribution in [1.82, 2.24) is 10.2 Å². The molecule has 1 aromatic heterocycles. The van der Waals surface area contributed by atoms with Gasteiger partial charge < -0.3 is 5.32 Å². The Balaban J connectivity index is 1.95. The Labute approximate surface area is 69.8 Å². The van der Waals surface area contributed by atoms with Crippen LogP contribution in [0.1, 0.15) is 24.3 Å². The number of anilines is 1. The first-order chi connectivity index (χ1) is 5.34. The van der Waals surface area contributed by atoms with Crippen molar-refractivity contribution in [2.45, 2.75) is 32.2 Å². The number of rotatable bonds is 2. The van der Waals surface area contributed by atoms with Gasteiger partial charge in [-0.15, -0.1) is 10.2 Å². The lowest BCUT2D eigenvalue weighted by Crippen LogP contribution is -2.26. The molecule has 0 atom stereocenters. The molecule has 0 aliphatic heterocycles. The molecule has 0 bridgehead atoms. The second-order valence-corrected chi connectivity index (χ2v) is 4.08. The molecular weight excluding hydrogens is 158 g/mol. The average molecular weight is 169 g/mol. The molecule has 1 aromatic rings. The van der Waals surface area contributed by atoms with E-state index >= 15 is 0 Å². The van der Waals surface area contributed by atoms with Gasteiger partial charge >= 0.3 is 0 Å². The molecule has 1 aliphatic carbocycles. The summed E-state index contributed by atoms with van der Waals surface area (Å²) in [6, 6.07) is 0.669. The Hall–Kier alpha value is -0.640. The fourth-order valence-electron chi connectivity index (χ4n) is 1.08. The van der Waals surface area contributed by atoms with Crippen LogP contribution in [0.4, 0.5) is 5.13 Å². The van der Waals surface area contributed by atoms with Crippen LogP contribution in [0.25, 0.3) is 0 Å². The third-order valence-corrected chi connectivity index (χ3v) is 2.73. The van der Waals surface area contributed by atoms with Crippen LogP contribution in [-0.2, 0) is 0 Å². The minimum atomic E-state index is 0.669. The van der Waals surface area contributed by atoms with Crippen LogP contribution in [0.5, 0.6) is 0 Å². The minimum Gasteiger partial charge on any atom is -0.357 e. The Bertz CT molecular complexity index is 242. The number of aromatic nitrogens is 2. The first-order valence-corrected chi connectivity index (χ1v) is 4.73. The molecule has 3 nitrogen and oxygen atoms in total. The number of aryl methyl sites for hydroxylation is 1. The highest BCUT2D eigenvalue weighted by molar-refractivity contribution is 7.15. The summed E-state index contributed by atoms with van der Waals surface area (Å²) >= 11 is 1.63. The Morgan fingerprint density at radius 3 is 2.73 bits per heavy atom. The zero-order valence-electron chi connectivity index (χ0n) is 6.50. The van der Waals surface area contributed by atoms with E-state index in [0.29, 0.717) is 6.04 Å². The van der Waals surface area contributed by atoms with Gasteiger partial charge in [0.2, 0.25) is 5.13 Å². The van der Waals surface area contributed by atoms with E-state index in [1.54, 1.807) is 11.3 Å². The van der Waals surface area contributed by atoms with Crippen molar-refractivity contribution in [3.8, 4) is 0 Å². The van der Waals surface area contributed by atoms with E-state index < -0.39 is 0 Å². The number of nitrogens with one attached hydrogen (secondary N) is 1. The predicted octanol–water partition coefficient (Wildman–Crippen LogP) is 1.81. The zero-order valence-corrected chi connectivity index (χ0v) is 7.32. The lowest BCUT2D eigenvalue weighted by atomic mass is 9.93. The standard InChI is InChI=1S/C7H11N3S/c1-5-9-10-7(11-5)8-6-3-2-4-6/h6H,2-4H2,1H3,(H,8,10). The predicted molar refractivity (Wildman–Crippen MR) is 45.9 cm³/mol. The highest BCUT2D eigenvalue weighted by atomic mass is 32.1. The van der Waals surface area contributed by atoms with Gasteiger partial charge in [0.25, 0.3) is 0 Å². The van der Waals surface area contributed by atoms with Gasteiger partial charge in [0.15, 0.2) is 0 Å². The highest BCUT2D eigenvalue weighted by Gasteiger charge is 2.17. The summed E-state index contributed by atoms with van der Waals surface area (Å²) in [6.07, 6.45) is 3.94. The molecule has 0 aromatic carbocycles. The highest BCUT2D eigenvalue weighted by Crippen LogP contribution is 2.24. The topological polar surface area (TPSA) is 37.8 Å². The second-order valence-electron chi connectivity index (χ2n) is 2.90. The third kappa shape index (κ3) is 1.50. The maximum Gasteiger partial charge on any atom is 0.205 e. The maximum atomic E-state index is 3.99. The average Bonchev–Trinajstić information content (AvgIpc) is 2.27.